The van der Waals surface area contributed by atoms with Crippen LogP contribution < -0.4 is 4.90 Å². The highest BCUT2D eigenvalue weighted by Gasteiger charge is 2.22. The summed E-state index contributed by atoms with van der Waals surface area (Å²) in [5, 5.41) is 3.95. The summed E-state index contributed by atoms with van der Waals surface area (Å²) in [7, 11) is 0. The number of nitrogens with zero attached hydrogens (tertiary/aromatic N) is 3. The van der Waals surface area contributed by atoms with E-state index < -0.39 is 0 Å². The Hall–Kier alpha value is -1.91. The molecule has 2 aromatic rings. The summed E-state index contributed by atoms with van der Waals surface area (Å²) in [6.07, 6.45) is 1.94. The number of hydrogen-bond donors (Lipinski definition) is 0. The Morgan fingerprint density at radius 2 is 2.25 bits per heavy atom. The number of halogens is 1. The van der Waals surface area contributed by atoms with Gasteiger partial charge in [0.25, 0.3) is 0 Å². The minimum Gasteiger partial charge on any atom is -0.360 e. The smallest absolute Gasteiger partial charge is 0.246 e. The van der Waals surface area contributed by atoms with Gasteiger partial charge in [0.05, 0.1) is 12.2 Å². The maximum atomic E-state index is 14.0. The Morgan fingerprint density at radius 1 is 1.40 bits per heavy atom. The van der Waals surface area contributed by atoms with Gasteiger partial charge in [0.2, 0.25) is 5.89 Å². The molecule has 0 spiro atoms. The van der Waals surface area contributed by atoms with Gasteiger partial charge in [-0.15, -0.1) is 0 Å². The van der Waals surface area contributed by atoms with Crippen LogP contribution in [0.3, 0.4) is 0 Å². The molecule has 0 radical (unpaired) electrons. The van der Waals surface area contributed by atoms with Crippen molar-refractivity contribution in [2.75, 3.05) is 11.4 Å². The largest absolute Gasteiger partial charge is 0.360 e. The number of para-hydroxylation sites is 1. The van der Waals surface area contributed by atoms with Crippen molar-refractivity contribution in [1.82, 2.24) is 10.1 Å². The second-order valence-corrected chi connectivity index (χ2v) is 5.47. The third-order valence-corrected chi connectivity index (χ3v) is 3.59. The molecule has 0 fully saturated rings. The van der Waals surface area contributed by atoms with Gasteiger partial charge in [0.1, 0.15) is 5.82 Å². The Balaban J connectivity index is 1.85. The lowest BCUT2D eigenvalue weighted by Crippen LogP contribution is -2.30. The number of hydrogen-bond acceptors (Lipinski definition) is 4. The molecule has 0 unspecified atom stereocenters. The Kier molecular flexibility index (Phi) is 3.42. The van der Waals surface area contributed by atoms with Crippen molar-refractivity contribution >= 4 is 5.69 Å². The van der Waals surface area contributed by atoms with Crippen molar-refractivity contribution < 1.29 is 8.91 Å². The highest BCUT2D eigenvalue weighted by Crippen LogP contribution is 2.30. The van der Waals surface area contributed by atoms with E-state index >= 15 is 0 Å². The van der Waals surface area contributed by atoms with Crippen LogP contribution in [0.1, 0.15) is 43.5 Å². The van der Waals surface area contributed by atoms with Gasteiger partial charge < -0.3 is 9.42 Å². The number of aromatic nitrogens is 2. The summed E-state index contributed by atoms with van der Waals surface area (Å²) in [6, 6.07) is 5.25. The summed E-state index contributed by atoms with van der Waals surface area (Å²) in [6.45, 7) is 5.32. The summed E-state index contributed by atoms with van der Waals surface area (Å²) in [5.41, 5.74) is 1.74. The van der Waals surface area contributed by atoms with E-state index in [1.165, 1.54) is 6.07 Å². The second-order valence-electron chi connectivity index (χ2n) is 5.47. The SMILES string of the molecule is CC(C)c1noc(CN2CCCc3cccc(F)c32)n1. The van der Waals surface area contributed by atoms with Crippen LogP contribution >= 0.6 is 0 Å². The van der Waals surface area contributed by atoms with Crippen LogP contribution in [0.5, 0.6) is 0 Å². The summed E-state index contributed by atoms with van der Waals surface area (Å²) >= 11 is 0. The van der Waals surface area contributed by atoms with E-state index in [0.29, 0.717) is 23.9 Å². The number of fused-ring (bicyclic) bond motifs is 1. The van der Waals surface area contributed by atoms with Gasteiger partial charge in [-0.05, 0) is 24.5 Å². The molecule has 2 heterocycles. The zero-order valence-corrected chi connectivity index (χ0v) is 11.8. The lowest BCUT2D eigenvalue weighted by Gasteiger charge is -2.30. The highest BCUT2D eigenvalue weighted by atomic mass is 19.1. The molecule has 0 saturated carbocycles. The highest BCUT2D eigenvalue weighted by molar-refractivity contribution is 5.56. The fraction of sp³-hybridized carbons (Fsp3) is 0.467. The molecule has 5 heteroatoms. The van der Waals surface area contributed by atoms with E-state index in [9.17, 15) is 4.39 Å². The molecule has 1 aromatic carbocycles. The van der Waals surface area contributed by atoms with E-state index in [-0.39, 0.29) is 11.7 Å². The lowest BCUT2D eigenvalue weighted by atomic mass is 10.0. The fourth-order valence-electron chi connectivity index (χ4n) is 2.58. The topological polar surface area (TPSA) is 42.2 Å². The van der Waals surface area contributed by atoms with E-state index in [4.69, 9.17) is 4.52 Å². The molecule has 0 saturated heterocycles. The summed E-state index contributed by atoms with van der Waals surface area (Å²) < 4.78 is 19.3. The first-order valence-electron chi connectivity index (χ1n) is 7.00. The Morgan fingerprint density at radius 3 is 3.00 bits per heavy atom. The number of anilines is 1. The van der Waals surface area contributed by atoms with E-state index in [1.807, 2.05) is 24.8 Å². The van der Waals surface area contributed by atoms with Gasteiger partial charge in [-0.3, -0.25) is 0 Å². The molecular weight excluding hydrogens is 257 g/mol. The average molecular weight is 275 g/mol. The second kappa shape index (κ2) is 5.23. The first-order chi connectivity index (χ1) is 9.65. The quantitative estimate of drug-likeness (QED) is 0.862. The van der Waals surface area contributed by atoms with Crippen LogP contribution in [-0.2, 0) is 13.0 Å². The molecule has 0 amide bonds. The standard InChI is InChI=1S/C15H18FN3O/c1-10(2)15-17-13(20-18-15)9-19-8-4-6-11-5-3-7-12(16)14(11)19/h3,5,7,10H,4,6,8-9H2,1-2H3. The normalized spacial score (nSPS) is 14.7. The van der Waals surface area contributed by atoms with Crippen LogP contribution in [0, 0.1) is 5.82 Å². The van der Waals surface area contributed by atoms with E-state index in [2.05, 4.69) is 10.1 Å². The molecular formula is C15H18FN3O. The number of aryl methyl sites for hydroxylation is 1. The molecule has 0 N–H and O–H groups in total. The third-order valence-electron chi connectivity index (χ3n) is 3.59. The van der Waals surface area contributed by atoms with Crippen LogP contribution in [0.2, 0.25) is 0 Å². The molecule has 4 nitrogen and oxygen atoms in total. The molecule has 0 aliphatic carbocycles. The van der Waals surface area contributed by atoms with Gasteiger partial charge in [-0.25, -0.2) is 4.39 Å². The number of benzene rings is 1. The zero-order valence-electron chi connectivity index (χ0n) is 11.8. The van der Waals surface area contributed by atoms with E-state index in [0.717, 1.165) is 24.9 Å². The maximum Gasteiger partial charge on any atom is 0.246 e. The lowest BCUT2D eigenvalue weighted by molar-refractivity contribution is 0.367. The van der Waals surface area contributed by atoms with Crippen molar-refractivity contribution in [1.29, 1.82) is 0 Å². The first-order valence-corrected chi connectivity index (χ1v) is 7.00. The van der Waals surface area contributed by atoms with Gasteiger partial charge in [-0.2, -0.15) is 4.98 Å². The molecule has 106 valence electrons. The molecule has 0 atom stereocenters. The molecule has 1 aliphatic heterocycles. The van der Waals surface area contributed by atoms with Gasteiger partial charge in [-0.1, -0.05) is 31.1 Å². The molecule has 0 bridgehead atoms. The van der Waals surface area contributed by atoms with Crippen molar-refractivity contribution in [2.45, 2.75) is 39.2 Å². The summed E-state index contributed by atoms with van der Waals surface area (Å²) in [5.74, 6) is 1.30. The van der Waals surface area contributed by atoms with Gasteiger partial charge in [0.15, 0.2) is 5.82 Å². The monoisotopic (exact) mass is 275 g/mol. The van der Waals surface area contributed by atoms with Gasteiger partial charge in [0, 0.05) is 12.5 Å². The molecule has 1 aliphatic rings. The molecule has 20 heavy (non-hydrogen) atoms. The first kappa shape index (κ1) is 13.1. The zero-order chi connectivity index (χ0) is 14.1. The van der Waals surface area contributed by atoms with Gasteiger partial charge >= 0.3 is 0 Å². The van der Waals surface area contributed by atoms with Crippen molar-refractivity contribution in [3.05, 3.63) is 41.3 Å². The minimum atomic E-state index is -0.175. The fourth-order valence-corrected chi connectivity index (χ4v) is 2.58. The van der Waals surface area contributed by atoms with Crippen LogP contribution in [-0.4, -0.2) is 16.7 Å². The van der Waals surface area contributed by atoms with E-state index in [1.54, 1.807) is 6.07 Å². The van der Waals surface area contributed by atoms with Crippen molar-refractivity contribution in [2.24, 2.45) is 0 Å². The maximum absolute atomic E-state index is 14.0. The Bertz CT molecular complexity index is 609. The molecule has 1 aromatic heterocycles. The predicted octanol–water partition coefficient (Wildman–Crippen LogP) is 3.28. The Labute approximate surface area is 117 Å². The average Bonchev–Trinajstić information content (AvgIpc) is 2.88. The summed E-state index contributed by atoms with van der Waals surface area (Å²) in [4.78, 5) is 6.36. The predicted molar refractivity (Wildman–Crippen MR) is 74.2 cm³/mol. The van der Waals surface area contributed by atoms with Crippen molar-refractivity contribution in [3.63, 3.8) is 0 Å². The van der Waals surface area contributed by atoms with Crippen molar-refractivity contribution in [3.8, 4) is 0 Å². The van der Waals surface area contributed by atoms with Crippen LogP contribution in [0.25, 0.3) is 0 Å². The van der Waals surface area contributed by atoms with Crippen LogP contribution in [0.4, 0.5) is 10.1 Å². The van der Waals surface area contributed by atoms with Crippen LogP contribution in [0.15, 0.2) is 22.7 Å². The minimum absolute atomic E-state index is 0.175. The molecule has 3 rings (SSSR count). The third kappa shape index (κ3) is 2.40. The number of rotatable bonds is 3.